The molecule has 1 rings (SSSR count). The lowest BCUT2D eigenvalue weighted by Gasteiger charge is -2.12. The highest BCUT2D eigenvalue weighted by molar-refractivity contribution is 5.97. The largest absolute Gasteiger partial charge is 0.382 e. The van der Waals surface area contributed by atoms with Crippen molar-refractivity contribution in [1.29, 1.82) is 0 Å². The van der Waals surface area contributed by atoms with Crippen molar-refractivity contribution in [2.45, 2.75) is 20.3 Å². The van der Waals surface area contributed by atoms with Crippen LogP contribution in [0.15, 0.2) is 24.3 Å². The van der Waals surface area contributed by atoms with Gasteiger partial charge < -0.3 is 20.7 Å². The fourth-order valence-electron chi connectivity index (χ4n) is 2.03. The normalized spacial score (nSPS) is 11.3. The molecular weight excluding hydrogens is 330 g/mol. The van der Waals surface area contributed by atoms with Crippen LogP contribution in [0.1, 0.15) is 30.6 Å². The number of halogens is 1. The van der Waals surface area contributed by atoms with E-state index < -0.39 is 0 Å². The van der Waals surface area contributed by atoms with Crippen LogP contribution in [0.4, 0.5) is 5.69 Å². The number of nitrogens with one attached hydrogen (secondary N) is 3. The van der Waals surface area contributed by atoms with Gasteiger partial charge in [0.15, 0.2) is 0 Å². The Hall–Kier alpha value is -1.63. The number of amides is 2. The Morgan fingerprint density at radius 3 is 2.71 bits per heavy atom. The summed E-state index contributed by atoms with van der Waals surface area (Å²) in [5.41, 5.74) is 1.15. The third-order valence-corrected chi connectivity index (χ3v) is 3.31. The average Bonchev–Trinajstić information content (AvgIpc) is 2.55. The van der Waals surface area contributed by atoms with Crippen LogP contribution in [-0.2, 0) is 9.53 Å². The van der Waals surface area contributed by atoms with Crippen molar-refractivity contribution < 1.29 is 14.3 Å². The van der Waals surface area contributed by atoms with Gasteiger partial charge in [-0.2, -0.15) is 0 Å². The number of rotatable bonds is 10. The van der Waals surface area contributed by atoms with Crippen molar-refractivity contribution >= 4 is 29.9 Å². The van der Waals surface area contributed by atoms with E-state index in [4.69, 9.17) is 4.74 Å². The van der Waals surface area contributed by atoms with Gasteiger partial charge in [0.2, 0.25) is 5.91 Å². The van der Waals surface area contributed by atoms with E-state index in [2.05, 4.69) is 16.0 Å². The molecule has 24 heavy (non-hydrogen) atoms. The summed E-state index contributed by atoms with van der Waals surface area (Å²) in [5.74, 6) is -0.370. The van der Waals surface area contributed by atoms with E-state index in [1.165, 1.54) is 0 Å². The molecule has 1 aromatic carbocycles. The molecule has 0 saturated carbocycles. The van der Waals surface area contributed by atoms with Crippen LogP contribution in [-0.4, -0.2) is 45.2 Å². The first-order valence-corrected chi connectivity index (χ1v) is 8.00. The van der Waals surface area contributed by atoms with E-state index in [1.54, 1.807) is 31.3 Å². The minimum absolute atomic E-state index is 0. The predicted molar refractivity (Wildman–Crippen MR) is 98.9 cm³/mol. The van der Waals surface area contributed by atoms with Gasteiger partial charge in [0.1, 0.15) is 0 Å². The fraction of sp³-hybridized carbons (Fsp3) is 0.529. The van der Waals surface area contributed by atoms with Crippen molar-refractivity contribution in [3.05, 3.63) is 29.8 Å². The zero-order valence-corrected chi connectivity index (χ0v) is 15.4. The van der Waals surface area contributed by atoms with E-state index >= 15 is 0 Å². The Kier molecular flexibility index (Phi) is 11.9. The molecule has 0 spiro atoms. The van der Waals surface area contributed by atoms with Gasteiger partial charge >= 0.3 is 0 Å². The first-order chi connectivity index (χ1) is 11.1. The van der Waals surface area contributed by atoms with Crippen molar-refractivity contribution in [2.24, 2.45) is 5.92 Å². The van der Waals surface area contributed by atoms with Gasteiger partial charge in [0, 0.05) is 43.5 Å². The summed E-state index contributed by atoms with van der Waals surface area (Å²) in [6.07, 6.45) is 0.775. The van der Waals surface area contributed by atoms with E-state index in [-0.39, 0.29) is 30.1 Å². The van der Waals surface area contributed by atoms with E-state index in [1.807, 2.05) is 13.8 Å². The van der Waals surface area contributed by atoms with Gasteiger partial charge in [0.25, 0.3) is 5.91 Å². The standard InChI is InChI=1S/C17H27N3O3.ClH/c1-4-23-10-6-9-19-17(22)14-7-5-8-15(11-14)20-16(21)13(2)12-18-3;/h5,7-8,11,13,18H,4,6,9-10,12H2,1-3H3,(H,19,22)(H,20,21);1H. The zero-order chi connectivity index (χ0) is 17.1. The van der Waals surface area contributed by atoms with Crippen LogP contribution in [0.25, 0.3) is 0 Å². The van der Waals surface area contributed by atoms with Gasteiger partial charge in [-0.1, -0.05) is 13.0 Å². The van der Waals surface area contributed by atoms with Crippen molar-refractivity contribution in [1.82, 2.24) is 10.6 Å². The highest BCUT2D eigenvalue weighted by atomic mass is 35.5. The van der Waals surface area contributed by atoms with Crippen LogP contribution in [0.5, 0.6) is 0 Å². The van der Waals surface area contributed by atoms with Crippen molar-refractivity contribution in [2.75, 3.05) is 38.7 Å². The predicted octanol–water partition coefficient (Wildman–Crippen LogP) is 2.06. The quantitative estimate of drug-likeness (QED) is 0.560. The Balaban J connectivity index is 0.00000529. The molecule has 0 saturated heterocycles. The summed E-state index contributed by atoms with van der Waals surface area (Å²) in [6, 6.07) is 6.94. The maximum Gasteiger partial charge on any atom is 0.251 e. The molecule has 0 bridgehead atoms. The number of anilines is 1. The van der Waals surface area contributed by atoms with Gasteiger partial charge in [-0.15, -0.1) is 12.4 Å². The summed E-state index contributed by atoms with van der Waals surface area (Å²) in [6.45, 7) is 6.27. The summed E-state index contributed by atoms with van der Waals surface area (Å²) in [5, 5.41) is 8.63. The molecule has 2 amide bonds. The molecule has 0 aliphatic heterocycles. The molecule has 0 radical (unpaired) electrons. The third kappa shape index (κ3) is 8.29. The second kappa shape index (κ2) is 12.8. The SMILES string of the molecule is CCOCCCNC(=O)c1cccc(NC(=O)C(C)CNC)c1.Cl. The minimum atomic E-state index is -0.152. The second-order valence-electron chi connectivity index (χ2n) is 5.34. The summed E-state index contributed by atoms with van der Waals surface area (Å²) in [4.78, 5) is 24.1. The molecule has 7 heteroatoms. The van der Waals surface area contributed by atoms with Crippen molar-refractivity contribution in [3.63, 3.8) is 0 Å². The number of benzene rings is 1. The maximum absolute atomic E-state index is 12.1. The van der Waals surface area contributed by atoms with Gasteiger partial charge in [0.05, 0.1) is 0 Å². The number of carbonyl (C=O) groups is 2. The monoisotopic (exact) mass is 357 g/mol. The van der Waals surface area contributed by atoms with Gasteiger partial charge in [-0.05, 0) is 38.6 Å². The fourth-order valence-corrected chi connectivity index (χ4v) is 2.03. The summed E-state index contributed by atoms with van der Waals surface area (Å²) in [7, 11) is 1.81. The molecule has 0 aliphatic rings. The molecule has 0 aliphatic carbocycles. The second-order valence-corrected chi connectivity index (χ2v) is 5.34. The highest BCUT2D eigenvalue weighted by Gasteiger charge is 2.13. The van der Waals surface area contributed by atoms with Crippen LogP contribution < -0.4 is 16.0 Å². The van der Waals surface area contributed by atoms with Crippen LogP contribution in [0, 0.1) is 5.92 Å². The van der Waals surface area contributed by atoms with E-state index in [9.17, 15) is 9.59 Å². The van der Waals surface area contributed by atoms with E-state index in [0.717, 1.165) is 6.42 Å². The van der Waals surface area contributed by atoms with Crippen LogP contribution in [0.2, 0.25) is 0 Å². The molecule has 0 fully saturated rings. The Bertz CT molecular complexity index is 512. The number of hydrogen-bond donors (Lipinski definition) is 3. The van der Waals surface area contributed by atoms with Crippen molar-refractivity contribution in [3.8, 4) is 0 Å². The molecule has 136 valence electrons. The maximum atomic E-state index is 12.1. The molecule has 6 nitrogen and oxygen atoms in total. The molecule has 1 unspecified atom stereocenters. The number of carbonyl (C=O) groups excluding carboxylic acids is 2. The molecule has 1 aromatic rings. The Morgan fingerprint density at radius 2 is 2.04 bits per heavy atom. The third-order valence-electron chi connectivity index (χ3n) is 3.31. The lowest BCUT2D eigenvalue weighted by molar-refractivity contribution is -0.119. The number of ether oxygens (including phenoxy) is 1. The molecular formula is C17H28ClN3O3. The molecule has 0 aromatic heterocycles. The Morgan fingerprint density at radius 1 is 1.29 bits per heavy atom. The first kappa shape index (κ1) is 22.4. The van der Waals surface area contributed by atoms with Crippen LogP contribution >= 0.6 is 12.4 Å². The molecule has 3 N–H and O–H groups in total. The lowest BCUT2D eigenvalue weighted by Crippen LogP contribution is -2.29. The van der Waals surface area contributed by atoms with E-state index in [0.29, 0.717) is 37.6 Å². The average molecular weight is 358 g/mol. The van der Waals surface area contributed by atoms with Gasteiger partial charge in [-0.25, -0.2) is 0 Å². The van der Waals surface area contributed by atoms with Crippen LogP contribution in [0.3, 0.4) is 0 Å². The smallest absolute Gasteiger partial charge is 0.251 e. The summed E-state index contributed by atoms with van der Waals surface area (Å²) < 4.78 is 5.22. The minimum Gasteiger partial charge on any atom is -0.382 e. The summed E-state index contributed by atoms with van der Waals surface area (Å²) >= 11 is 0. The molecule has 0 heterocycles. The highest BCUT2D eigenvalue weighted by Crippen LogP contribution is 2.12. The zero-order valence-electron chi connectivity index (χ0n) is 14.6. The van der Waals surface area contributed by atoms with Gasteiger partial charge in [-0.3, -0.25) is 9.59 Å². The number of hydrogen-bond acceptors (Lipinski definition) is 4. The Labute approximate surface area is 150 Å². The lowest BCUT2D eigenvalue weighted by atomic mass is 10.1. The topological polar surface area (TPSA) is 79.5 Å². The molecule has 1 atom stereocenters. The first-order valence-electron chi connectivity index (χ1n) is 8.00.